The minimum absolute atomic E-state index is 0.0500. The Hall–Kier alpha value is -0.670. The molecule has 15 heavy (non-hydrogen) atoms. The monoisotopic (exact) mass is 225 g/mol. The Labute approximate surface area is 94.3 Å². The molecule has 0 amide bonds. The van der Waals surface area contributed by atoms with Gasteiger partial charge in [-0.1, -0.05) is 30.3 Å². The van der Waals surface area contributed by atoms with Gasteiger partial charge in [0.25, 0.3) is 0 Å². The molecule has 2 nitrogen and oxygen atoms in total. The molecule has 0 heterocycles. The largest absolute Gasteiger partial charge is 0.325 e. The van der Waals surface area contributed by atoms with E-state index in [9.17, 15) is 4.21 Å². The number of hydrogen-bond donors (Lipinski definition) is 1. The lowest BCUT2D eigenvalue weighted by molar-refractivity contribution is 0.575. The highest BCUT2D eigenvalue weighted by Crippen LogP contribution is 2.20. The van der Waals surface area contributed by atoms with Crippen LogP contribution in [0.2, 0.25) is 0 Å². The Balaban J connectivity index is 2.70. The third-order valence-corrected chi connectivity index (χ3v) is 4.27. The molecule has 1 aromatic rings. The molecule has 3 heteroatoms. The van der Waals surface area contributed by atoms with Crippen LogP contribution in [0.25, 0.3) is 0 Å². The molecule has 2 unspecified atom stereocenters. The third-order valence-electron chi connectivity index (χ3n) is 2.18. The maximum atomic E-state index is 12.0. The SMILES string of the molecule is CC(c1ccccc1)S(=O)CC(C)(C)N. The highest BCUT2D eigenvalue weighted by Gasteiger charge is 2.20. The van der Waals surface area contributed by atoms with E-state index in [0.29, 0.717) is 5.75 Å². The van der Waals surface area contributed by atoms with Crippen molar-refractivity contribution in [3.63, 3.8) is 0 Å². The molecule has 0 aromatic heterocycles. The van der Waals surface area contributed by atoms with Crippen molar-refractivity contribution in [3.8, 4) is 0 Å². The molecule has 0 spiro atoms. The number of nitrogens with two attached hydrogens (primary N) is 1. The van der Waals surface area contributed by atoms with Gasteiger partial charge in [-0.25, -0.2) is 0 Å². The summed E-state index contributed by atoms with van der Waals surface area (Å²) in [6.45, 7) is 5.79. The van der Waals surface area contributed by atoms with E-state index in [1.165, 1.54) is 0 Å². The maximum Gasteiger partial charge on any atom is 0.0569 e. The summed E-state index contributed by atoms with van der Waals surface area (Å²) in [4.78, 5) is 0. The van der Waals surface area contributed by atoms with Gasteiger partial charge >= 0.3 is 0 Å². The Morgan fingerprint density at radius 2 is 1.87 bits per heavy atom. The molecule has 0 bridgehead atoms. The standard InChI is InChI=1S/C12H19NOS/c1-10(11-7-5-4-6-8-11)15(14)9-12(2,3)13/h4-8,10H,9,13H2,1-3H3. The van der Waals surface area contributed by atoms with Crippen LogP contribution in [0.15, 0.2) is 30.3 Å². The molecule has 84 valence electrons. The Kier molecular flexibility index (Phi) is 4.05. The van der Waals surface area contributed by atoms with Gasteiger partial charge in [-0.3, -0.25) is 4.21 Å². The lowest BCUT2D eigenvalue weighted by Gasteiger charge is -2.20. The Bertz CT molecular complexity index is 329. The molecule has 0 radical (unpaired) electrons. The normalized spacial score (nSPS) is 16.0. The van der Waals surface area contributed by atoms with Crippen LogP contribution in [-0.4, -0.2) is 15.5 Å². The summed E-state index contributed by atoms with van der Waals surface area (Å²) in [6, 6.07) is 9.91. The van der Waals surface area contributed by atoms with Crippen LogP contribution in [-0.2, 0) is 10.8 Å². The maximum absolute atomic E-state index is 12.0. The third kappa shape index (κ3) is 4.14. The summed E-state index contributed by atoms with van der Waals surface area (Å²) < 4.78 is 12.0. The fraction of sp³-hybridized carbons (Fsp3) is 0.500. The Morgan fingerprint density at radius 3 is 2.33 bits per heavy atom. The zero-order valence-corrected chi connectivity index (χ0v) is 10.4. The highest BCUT2D eigenvalue weighted by molar-refractivity contribution is 7.85. The van der Waals surface area contributed by atoms with Gasteiger partial charge in [0.2, 0.25) is 0 Å². The van der Waals surface area contributed by atoms with Crippen molar-refractivity contribution in [1.82, 2.24) is 0 Å². The quantitative estimate of drug-likeness (QED) is 0.854. The summed E-state index contributed by atoms with van der Waals surface area (Å²) in [7, 11) is -0.910. The second kappa shape index (κ2) is 4.90. The molecular weight excluding hydrogens is 206 g/mol. The molecule has 2 N–H and O–H groups in total. The van der Waals surface area contributed by atoms with Gasteiger partial charge in [0.15, 0.2) is 0 Å². The Morgan fingerprint density at radius 1 is 1.33 bits per heavy atom. The van der Waals surface area contributed by atoms with Crippen molar-refractivity contribution >= 4 is 10.8 Å². The average Bonchev–Trinajstić information content (AvgIpc) is 2.15. The van der Waals surface area contributed by atoms with Crippen LogP contribution in [0, 0.1) is 0 Å². The van der Waals surface area contributed by atoms with Crippen molar-refractivity contribution in [3.05, 3.63) is 35.9 Å². The van der Waals surface area contributed by atoms with Gasteiger partial charge in [-0.05, 0) is 26.3 Å². The first-order valence-electron chi connectivity index (χ1n) is 5.11. The summed E-state index contributed by atoms with van der Waals surface area (Å²) >= 11 is 0. The molecule has 2 atom stereocenters. The average molecular weight is 225 g/mol. The zero-order valence-electron chi connectivity index (χ0n) is 9.57. The first kappa shape index (κ1) is 12.4. The summed E-state index contributed by atoms with van der Waals surface area (Å²) in [5.74, 6) is 0.531. The summed E-state index contributed by atoms with van der Waals surface area (Å²) in [5.41, 5.74) is 6.60. The summed E-state index contributed by atoms with van der Waals surface area (Å²) in [5, 5.41) is 0.0500. The van der Waals surface area contributed by atoms with Crippen molar-refractivity contribution in [1.29, 1.82) is 0 Å². The molecule has 1 aromatic carbocycles. The van der Waals surface area contributed by atoms with Crippen LogP contribution < -0.4 is 5.73 Å². The van der Waals surface area contributed by atoms with Crippen molar-refractivity contribution < 1.29 is 4.21 Å². The van der Waals surface area contributed by atoms with Gasteiger partial charge in [0.05, 0.1) is 5.25 Å². The van der Waals surface area contributed by atoms with Gasteiger partial charge < -0.3 is 5.73 Å². The zero-order chi connectivity index (χ0) is 11.5. The van der Waals surface area contributed by atoms with Crippen LogP contribution in [0.3, 0.4) is 0 Å². The molecule has 0 saturated heterocycles. The van der Waals surface area contributed by atoms with Crippen molar-refractivity contribution in [2.45, 2.75) is 31.6 Å². The minimum atomic E-state index is -0.910. The highest BCUT2D eigenvalue weighted by atomic mass is 32.2. The number of benzene rings is 1. The molecule has 0 aliphatic carbocycles. The van der Waals surface area contributed by atoms with E-state index in [0.717, 1.165) is 5.56 Å². The van der Waals surface area contributed by atoms with Gasteiger partial charge in [-0.2, -0.15) is 0 Å². The van der Waals surface area contributed by atoms with Gasteiger partial charge in [0.1, 0.15) is 0 Å². The van der Waals surface area contributed by atoms with E-state index >= 15 is 0 Å². The predicted molar refractivity (Wildman–Crippen MR) is 66.1 cm³/mol. The topological polar surface area (TPSA) is 43.1 Å². The minimum Gasteiger partial charge on any atom is -0.325 e. The van der Waals surface area contributed by atoms with E-state index in [1.54, 1.807) is 0 Å². The predicted octanol–water partition coefficient (Wildman–Crippen LogP) is 2.23. The van der Waals surface area contributed by atoms with Crippen LogP contribution in [0.4, 0.5) is 0 Å². The van der Waals surface area contributed by atoms with E-state index in [4.69, 9.17) is 5.73 Å². The van der Waals surface area contributed by atoms with E-state index in [-0.39, 0.29) is 10.8 Å². The number of hydrogen-bond acceptors (Lipinski definition) is 2. The molecule has 0 fully saturated rings. The van der Waals surface area contributed by atoms with E-state index in [1.807, 2.05) is 51.1 Å². The van der Waals surface area contributed by atoms with Crippen molar-refractivity contribution in [2.24, 2.45) is 5.73 Å². The van der Waals surface area contributed by atoms with Crippen LogP contribution in [0.5, 0.6) is 0 Å². The van der Waals surface area contributed by atoms with Crippen molar-refractivity contribution in [2.75, 3.05) is 5.75 Å². The molecule has 0 aliphatic heterocycles. The fourth-order valence-corrected chi connectivity index (χ4v) is 2.81. The van der Waals surface area contributed by atoms with Crippen LogP contribution in [0.1, 0.15) is 31.6 Å². The number of rotatable bonds is 4. The van der Waals surface area contributed by atoms with Gasteiger partial charge in [0, 0.05) is 22.1 Å². The lowest BCUT2D eigenvalue weighted by Crippen LogP contribution is -2.38. The second-order valence-corrected chi connectivity index (χ2v) is 6.32. The lowest BCUT2D eigenvalue weighted by atomic mass is 10.1. The molecular formula is C12H19NOS. The summed E-state index contributed by atoms with van der Waals surface area (Å²) in [6.07, 6.45) is 0. The first-order valence-corrected chi connectivity index (χ1v) is 6.49. The molecule has 1 rings (SSSR count). The molecule has 0 aliphatic rings. The van der Waals surface area contributed by atoms with Crippen LogP contribution >= 0.6 is 0 Å². The van der Waals surface area contributed by atoms with E-state index < -0.39 is 10.8 Å². The fourth-order valence-electron chi connectivity index (χ4n) is 1.37. The smallest absolute Gasteiger partial charge is 0.0569 e. The van der Waals surface area contributed by atoms with E-state index in [2.05, 4.69) is 0 Å². The first-order chi connectivity index (χ1) is 6.90. The van der Waals surface area contributed by atoms with Gasteiger partial charge in [-0.15, -0.1) is 0 Å². The molecule has 0 saturated carbocycles. The second-order valence-electron chi connectivity index (χ2n) is 4.57.